The summed E-state index contributed by atoms with van der Waals surface area (Å²) < 4.78 is 21.4. The van der Waals surface area contributed by atoms with Crippen LogP contribution in [-0.4, -0.2) is 21.7 Å². The molecule has 3 rings (SSSR count). The monoisotopic (exact) mass is 452 g/mol. The fourth-order valence-electron chi connectivity index (χ4n) is 5.10. The number of unbranched alkanes of at least 4 members (excludes halogenated alkanes) is 1. The van der Waals surface area contributed by atoms with Crippen molar-refractivity contribution in [2.45, 2.75) is 95.2 Å². The molecule has 1 fully saturated rings. The highest BCUT2D eigenvalue weighted by molar-refractivity contribution is 6.37. The van der Waals surface area contributed by atoms with Gasteiger partial charge in [-0.3, -0.25) is 0 Å². The first-order chi connectivity index (χ1) is 15.6. The van der Waals surface area contributed by atoms with Crippen molar-refractivity contribution in [1.29, 1.82) is 0 Å². The highest BCUT2D eigenvalue weighted by Crippen LogP contribution is 2.40. The summed E-state index contributed by atoms with van der Waals surface area (Å²) in [6.07, 6.45) is 15.7. The van der Waals surface area contributed by atoms with Crippen molar-refractivity contribution in [2.75, 3.05) is 6.61 Å². The zero-order chi connectivity index (χ0) is 22.7. The molecular formula is C29H41FOSi. The van der Waals surface area contributed by atoms with Gasteiger partial charge >= 0.3 is 0 Å². The molecule has 1 unspecified atom stereocenters. The van der Waals surface area contributed by atoms with Crippen molar-refractivity contribution >= 4 is 9.52 Å². The lowest BCUT2D eigenvalue weighted by atomic mass is 9.80. The first-order valence-corrected chi connectivity index (χ1v) is 14.7. The molecule has 0 radical (unpaired) electrons. The van der Waals surface area contributed by atoms with Crippen LogP contribution in [0.1, 0.15) is 83.6 Å². The van der Waals surface area contributed by atoms with E-state index in [1.54, 1.807) is 0 Å². The van der Waals surface area contributed by atoms with E-state index in [0.717, 1.165) is 36.3 Å². The van der Waals surface area contributed by atoms with Crippen LogP contribution in [0.4, 0.5) is 4.39 Å². The Morgan fingerprint density at radius 1 is 1.06 bits per heavy atom. The Balaban J connectivity index is 1.55. The molecule has 0 saturated heterocycles. The summed E-state index contributed by atoms with van der Waals surface area (Å²) in [6, 6.07) is 11.3. The average Bonchev–Trinajstić information content (AvgIpc) is 2.83. The topological polar surface area (TPSA) is 9.23 Å². The van der Waals surface area contributed by atoms with Gasteiger partial charge in [-0.05, 0) is 43.4 Å². The van der Waals surface area contributed by atoms with Gasteiger partial charge in [-0.15, -0.1) is 0 Å². The lowest BCUT2D eigenvalue weighted by Gasteiger charge is -2.35. The molecule has 0 bridgehead atoms. The van der Waals surface area contributed by atoms with Gasteiger partial charge in [0.1, 0.15) is 5.83 Å². The van der Waals surface area contributed by atoms with Gasteiger partial charge in [-0.2, -0.15) is 0 Å². The molecule has 0 aromatic heterocycles. The van der Waals surface area contributed by atoms with Gasteiger partial charge in [0.15, 0.2) is 0 Å². The van der Waals surface area contributed by atoms with E-state index in [9.17, 15) is 0 Å². The van der Waals surface area contributed by atoms with Crippen LogP contribution in [0, 0.1) is 17.8 Å². The Bertz CT molecular complexity index is 811. The van der Waals surface area contributed by atoms with Gasteiger partial charge in [0, 0.05) is 28.1 Å². The minimum atomic E-state index is -0.495. The van der Waals surface area contributed by atoms with E-state index < -0.39 is 5.60 Å². The molecule has 0 heterocycles. The Morgan fingerprint density at radius 3 is 2.53 bits per heavy atom. The highest BCUT2D eigenvalue weighted by atomic mass is 28.2. The van der Waals surface area contributed by atoms with E-state index in [-0.39, 0.29) is 15.3 Å². The standard InChI is InChI=1S/C29H41FOSi/c1-3-5-22-32-27-15-12-25(13-16-27)17-19-29(31-21-4-2)20-18-26(28(30)23-29)14-11-24-9-7-6-8-10-24/h6-10,18,20,25,27H,3-5,12-13,15-17,19,21-23,32H2,1-2H3/t25-,27-,29?. The Kier molecular flexibility index (Phi) is 10.3. The second-order valence-electron chi connectivity index (χ2n) is 9.78. The lowest BCUT2D eigenvalue weighted by molar-refractivity contribution is -0.0232. The Hall–Kier alpha value is -1.63. The molecule has 1 saturated carbocycles. The lowest BCUT2D eigenvalue weighted by Crippen LogP contribution is -2.34. The van der Waals surface area contributed by atoms with Crippen molar-refractivity contribution in [1.82, 2.24) is 0 Å². The normalized spacial score (nSPS) is 25.8. The SMILES string of the molecule is CCCC[SiH2][C@H]1CC[C@H](CCC2(OCCC)C=CC(C#Cc3ccccc3)=C(F)C2)CC1. The van der Waals surface area contributed by atoms with Crippen LogP contribution in [-0.2, 0) is 4.74 Å². The third kappa shape index (κ3) is 7.75. The number of hydrogen-bond acceptors (Lipinski definition) is 1. The first-order valence-electron chi connectivity index (χ1n) is 12.9. The zero-order valence-corrected chi connectivity index (χ0v) is 21.6. The molecular weight excluding hydrogens is 411 g/mol. The van der Waals surface area contributed by atoms with Crippen LogP contribution >= 0.6 is 0 Å². The van der Waals surface area contributed by atoms with Crippen molar-refractivity contribution in [3.05, 3.63) is 59.4 Å². The third-order valence-corrected chi connectivity index (χ3v) is 9.71. The highest BCUT2D eigenvalue weighted by Gasteiger charge is 2.34. The maximum atomic E-state index is 15.1. The van der Waals surface area contributed by atoms with Crippen molar-refractivity contribution in [3.8, 4) is 11.8 Å². The predicted octanol–water partition coefficient (Wildman–Crippen LogP) is 7.53. The van der Waals surface area contributed by atoms with E-state index in [0.29, 0.717) is 18.6 Å². The molecule has 2 aliphatic rings. The molecule has 1 aromatic rings. The van der Waals surface area contributed by atoms with Gasteiger partial charge in [-0.25, -0.2) is 4.39 Å². The molecule has 2 aliphatic carbocycles. The maximum Gasteiger partial charge on any atom is 0.119 e. The number of halogens is 1. The largest absolute Gasteiger partial charge is 0.370 e. The third-order valence-electron chi connectivity index (χ3n) is 7.17. The van der Waals surface area contributed by atoms with E-state index in [1.165, 1.54) is 44.6 Å². The molecule has 0 aliphatic heterocycles. The first kappa shape index (κ1) is 25.0. The summed E-state index contributed by atoms with van der Waals surface area (Å²) in [7, 11) is 0.134. The van der Waals surface area contributed by atoms with Gasteiger partial charge in [0.25, 0.3) is 0 Å². The smallest absolute Gasteiger partial charge is 0.119 e. The summed E-state index contributed by atoms with van der Waals surface area (Å²) >= 11 is 0. The summed E-state index contributed by atoms with van der Waals surface area (Å²) in [6.45, 7) is 5.10. The Morgan fingerprint density at radius 2 is 1.84 bits per heavy atom. The Labute approximate surface area is 197 Å². The molecule has 3 heteroatoms. The van der Waals surface area contributed by atoms with Crippen LogP contribution in [0.5, 0.6) is 0 Å². The van der Waals surface area contributed by atoms with Crippen LogP contribution in [0.3, 0.4) is 0 Å². The van der Waals surface area contributed by atoms with E-state index in [1.807, 2.05) is 36.4 Å². The summed E-state index contributed by atoms with van der Waals surface area (Å²) in [5.41, 5.74) is 1.99. The number of ether oxygens (including phenoxy) is 1. The van der Waals surface area contributed by atoms with E-state index in [2.05, 4.69) is 31.8 Å². The second-order valence-corrected chi connectivity index (χ2v) is 12.2. The van der Waals surface area contributed by atoms with E-state index in [4.69, 9.17) is 4.74 Å². The fraction of sp³-hybridized carbons (Fsp3) is 0.586. The summed E-state index contributed by atoms with van der Waals surface area (Å²) in [5, 5.41) is 0. The quantitative estimate of drug-likeness (QED) is 0.202. The van der Waals surface area contributed by atoms with E-state index >= 15 is 4.39 Å². The number of allylic oxidation sites excluding steroid dienone is 2. The van der Waals surface area contributed by atoms with Gasteiger partial charge in [0.05, 0.1) is 11.2 Å². The molecule has 1 aromatic carbocycles. The van der Waals surface area contributed by atoms with Crippen LogP contribution in [0.25, 0.3) is 0 Å². The maximum absolute atomic E-state index is 15.1. The second kappa shape index (κ2) is 13.2. The molecule has 0 amide bonds. The van der Waals surface area contributed by atoms with Crippen molar-refractivity contribution < 1.29 is 9.13 Å². The molecule has 1 atom stereocenters. The zero-order valence-electron chi connectivity index (χ0n) is 20.2. The molecule has 0 spiro atoms. The van der Waals surface area contributed by atoms with Gasteiger partial charge < -0.3 is 4.74 Å². The van der Waals surface area contributed by atoms with Crippen LogP contribution < -0.4 is 0 Å². The van der Waals surface area contributed by atoms with Crippen molar-refractivity contribution in [3.63, 3.8) is 0 Å². The summed E-state index contributed by atoms with van der Waals surface area (Å²) in [4.78, 5) is 0. The fourth-order valence-corrected chi connectivity index (χ4v) is 7.52. The predicted molar refractivity (Wildman–Crippen MR) is 137 cm³/mol. The van der Waals surface area contributed by atoms with Gasteiger partial charge in [0.2, 0.25) is 0 Å². The average molecular weight is 453 g/mol. The number of rotatable bonds is 10. The minimum Gasteiger partial charge on any atom is -0.370 e. The van der Waals surface area contributed by atoms with Gasteiger partial charge in [-0.1, -0.05) is 100 Å². The molecule has 32 heavy (non-hydrogen) atoms. The number of benzene rings is 1. The summed E-state index contributed by atoms with van der Waals surface area (Å²) in [5.74, 6) is 6.77. The van der Waals surface area contributed by atoms with Crippen molar-refractivity contribution in [2.24, 2.45) is 5.92 Å². The molecule has 174 valence electrons. The molecule has 0 N–H and O–H groups in total. The number of hydrogen-bond donors (Lipinski definition) is 0. The van der Waals surface area contributed by atoms with Crippen LogP contribution in [0.2, 0.25) is 11.6 Å². The van der Waals surface area contributed by atoms with Crippen LogP contribution in [0.15, 0.2) is 53.9 Å². The molecule has 1 nitrogen and oxygen atoms in total. The minimum absolute atomic E-state index is 0.127.